The summed E-state index contributed by atoms with van der Waals surface area (Å²) in [7, 11) is -2.32. The first-order chi connectivity index (χ1) is 12.0. The van der Waals surface area contributed by atoms with Crippen molar-refractivity contribution < 1.29 is 32.3 Å². The number of amides is 2. The molecule has 0 aliphatic carbocycles. The Balaban J connectivity index is 2.14. The van der Waals surface area contributed by atoms with Crippen LogP contribution in [0.2, 0.25) is 0 Å². The van der Waals surface area contributed by atoms with Crippen LogP contribution in [0, 0.1) is 0 Å². The van der Waals surface area contributed by atoms with E-state index in [4.69, 9.17) is 4.74 Å². The Hall–Kier alpha value is -2.62. The minimum Gasteiger partial charge on any atom is -0.453 e. The van der Waals surface area contributed by atoms with Crippen LogP contribution in [0.25, 0.3) is 0 Å². The lowest BCUT2D eigenvalue weighted by molar-refractivity contribution is -0.128. The van der Waals surface area contributed by atoms with E-state index in [1.54, 1.807) is 13.0 Å². The van der Waals surface area contributed by atoms with Gasteiger partial charge in [0.25, 0.3) is 5.91 Å². The van der Waals surface area contributed by atoms with Gasteiger partial charge in [-0.3, -0.25) is 14.4 Å². The second kappa shape index (κ2) is 7.32. The van der Waals surface area contributed by atoms with Crippen molar-refractivity contribution in [3.05, 3.63) is 29.3 Å². The number of carbonyl (C=O) groups is 3. The van der Waals surface area contributed by atoms with Crippen LogP contribution in [-0.4, -0.2) is 51.9 Å². The summed E-state index contributed by atoms with van der Waals surface area (Å²) in [5.41, 5.74) is 1.40. The topological polar surface area (TPSA) is 119 Å². The quantitative estimate of drug-likeness (QED) is 0.764. The predicted molar refractivity (Wildman–Crippen MR) is 92.4 cm³/mol. The van der Waals surface area contributed by atoms with E-state index in [2.05, 4.69) is 4.74 Å². The molecule has 1 heterocycles. The van der Waals surface area contributed by atoms with E-state index < -0.39 is 34.1 Å². The summed E-state index contributed by atoms with van der Waals surface area (Å²) >= 11 is 0. The third kappa shape index (κ3) is 4.13. The zero-order valence-corrected chi connectivity index (χ0v) is 15.6. The molecule has 0 spiro atoms. The van der Waals surface area contributed by atoms with Crippen LogP contribution in [0.15, 0.2) is 18.2 Å². The molecule has 1 aromatic rings. The number of methoxy groups -OCH3 is 1. The van der Waals surface area contributed by atoms with Gasteiger partial charge in [0.05, 0.1) is 24.6 Å². The smallest absolute Gasteiger partial charge is 0.413 e. The number of rotatable bonds is 4. The Morgan fingerprint density at radius 3 is 2.54 bits per heavy atom. The monoisotopic (exact) mass is 384 g/mol. The average molecular weight is 384 g/mol. The molecule has 0 radical (unpaired) electrons. The van der Waals surface area contributed by atoms with Crippen molar-refractivity contribution in [3.63, 3.8) is 0 Å². The molecular weight excluding hydrogens is 364 g/mol. The molecule has 2 amide bonds. The van der Waals surface area contributed by atoms with Crippen molar-refractivity contribution in [2.75, 3.05) is 17.7 Å². The Kier molecular flexibility index (Phi) is 5.55. The normalized spacial score (nSPS) is 17.2. The maximum atomic E-state index is 12.2. The van der Waals surface area contributed by atoms with E-state index in [0.717, 1.165) is 13.4 Å². The number of nitrogens with one attached hydrogen (secondary N) is 1. The minimum absolute atomic E-state index is 0.184. The van der Waals surface area contributed by atoms with Gasteiger partial charge in [-0.25, -0.2) is 18.0 Å². The number of anilines is 1. The SMILES string of the molecule is COC(=O)NC(=O)[C@H](C)OC(=O)c1ccc2c(c1)C[C@@H](C)N2S(C)(=O)=O. The van der Waals surface area contributed by atoms with Crippen LogP contribution in [0.5, 0.6) is 0 Å². The number of imide groups is 1. The van der Waals surface area contributed by atoms with Crippen LogP contribution in [0.1, 0.15) is 29.8 Å². The van der Waals surface area contributed by atoms with Gasteiger partial charge in [0, 0.05) is 6.04 Å². The molecule has 1 aliphatic rings. The lowest BCUT2D eigenvalue weighted by Crippen LogP contribution is -2.39. The van der Waals surface area contributed by atoms with Crippen LogP contribution < -0.4 is 9.62 Å². The van der Waals surface area contributed by atoms with E-state index >= 15 is 0 Å². The van der Waals surface area contributed by atoms with Crippen LogP contribution in [-0.2, 0) is 30.7 Å². The van der Waals surface area contributed by atoms with Gasteiger partial charge in [-0.05, 0) is 44.0 Å². The second-order valence-corrected chi connectivity index (χ2v) is 7.84. The maximum Gasteiger partial charge on any atom is 0.413 e. The highest BCUT2D eigenvalue weighted by molar-refractivity contribution is 7.92. The molecule has 0 bridgehead atoms. The summed E-state index contributed by atoms with van der Waals surface area (Å²) in [4.78, 5) is 34.9. The largest absolute Gasteiger partial charge is 0.453 e. The average Bonchev–Trinajstić information content (AvgIpc) is 2.89. The van der Waals surface area contributed by atoms with Gasteiger partial charge in [0.2, 0.25) is 10.0 Å². The molecule has 9 nitrogen and oxygen atoms in total. The van der Waals surface area contributed by atoms with E-state index in [1.165, 1.54) is 23.4 Å². The molecule has 1 aliphatic heterocycles. The van der Waals surface area contributed by atoms with Gasteiger partial charge >= 0.3 is 12.1 Å². The number of benzene rings is 1. The number of carbonyl (C=O) groups excluding carboxylic acids is 3. The molecule has 0 unspecified atom stereocenters. The Labute approximate surface area is 151 Å². The van der Waals surface area contributed by atoms with Crippen molar-refractivity contribution in [1.82, 2.24) is 5.32 Å². The minimum atomic E-state index is -3.42. The van der Waals surface area contributed by atoms with Crippen LogP contribution in [0.3, 0.4) is 0 Å². The molecule has 0 saturated heterocycles. The fraction of sp³-hybridized carbons (Fsp3) is 0.438. The first-order valence-electron chi connectivity index (χ1n) is 7.76. The Bertz CT molecular complexity index is 850. The Morgan fingerprint density at radius 1 is 1.31 bits per heavy atom. The summed E-state index contributed by atoms with van der Waals surface area (Å²) in [5.74, 6) is -1.57. The molecule has 0 aromatic heterocycles. The first-order valence-corrected chi connectivity index (χ1v) is 9.61. The highest BCUT2D eigenvalue weighted by Crippen LogP contribution is 2.34. The fourth-order valence-electron chi connectivity index (χ4n) is 2.77. The summed E-state index contributed by atoms with van der Waals surface area (Å²) < 4.78 is 34.5. The third-order valence-electron chi connectivity index (χ3n) is 3.89. The predicted octanol–water partition coefficient (Wildman–Crippen LogP) is 0.825. The van der Waals surface area contributed by atoms with Crippen molar-refractivity contribution in [2.24, 2.45) is 0 Å². The number of fused-ring (bicyclic) bond motifs is 1. The lowest BCUT2D eigenvalue weighted by Gasteiger charge is -2.22. The second-order valence-electron chi connectivity index (χ2n) is 5.98. The van der Waals surface area contributed by atoms with Crippen LogP contribution in [0.4, 0.5) is 10.5 Å². The number of alkyl carbamates (subject to hydrolysis) is 1. The standard InChI is InChI=1S/C16H20N2O7S/c1-9-7-12-8-11(5-6-13(12)18(9)26(4,22)23)15(20)25-10(2)14(19)17-16(21)24-3/h5-6,8-10H,7H2,1-4H3,(H,17,19,21)/t9-,10+/m1/s1. The molecule has 2 atom stereocenters. The third-order valence-corrected chi connectivity index (χ3v) is 5.16. The molecule has 0 saturated carbocycles. The van der Waals surface area contributed by atoms with E-state index in [0.29, 0.717) is 17.7 Å². The van der Waals surface area contributed by atoms with E-state index in [9.17, 15) is 22.8 Å². The van der Waals surface area contributed by atoms with E-state index in [-0.39, 0.29) is 11.6 Å². The van der Waals surface area contributed by atoms with Crippen molar-refractivity contribution in [3.8, 4) is 0 Å². The molecule has 26 heavy (non-hydrogen) atoms. The molecule has 10 heteroatoms. The lowest BCUT2D eigenvalue weighted by atomic mass is 10.1. The van der Waals surface area contributed by atoms with Crippen molar-refractivity contribution in [2.45, 2.75) is 32.4 Å². The first kappa shape index (κ1) is 19.7. The van der Waals surface area contributed by atoms with Crippen LogP contribution >= 0.6 is 0 Å². The van der Waals surface area contributed by atoms with Gasteiger partial charge in [-0.15, -0.1) is 0 Å². The van der Waals surface area contributed by atoms with Crippen molar-refractivity contribution >= 4 is 33.7 Å². The van der Waals surface area contributed by atoms with Gasteiger partial charge in [-0.2, -0.15) is 0 Å². The zero-order valence-electron chi connectivity index (χ0n) is 14.8. The number of sulfonamides is 1. The molecule has 1 N–H and O–H groups in total. The summed E-state index contributed by atoms with van der Waals surface area (Å²) in [6.07, 6.45) is -0.573. The van der Waals surface area contributed by atoms with Crippen molar-refractivity contribution in [1.29, 1.82) is 0 Å². The van der Waals surface area contributed by atoms with Gasteiger partial charge in [0.15, 0.2) is 6.10 Å². The maximum absolute atomic E-state index is 12.2. The number of esters is 1. The highest BCUT2D eigenvalue weighted by atomic mass is 32.2. The summed E-state index contributed by atoms with van der Waals surface area (Å²) in [6, 6.07) is 4.26. The van der Waals surface area contributed by atoms with Gasteiger partial charge in [0.1, 0.15) is 0 Å². The highest BCUT2D eigenvalue weighted by Gasteiger charge is 2.33. The summed E-state index contributed by atoms with van der Waals surface area (Å²) in [6.45, 7) is 3.09. The number of ether oxygens (including phenoxy) is 2. The molecule has 1 aromatic carbocycles. The fourth-order valence-corrected chi connectivity index (χ4v) is 4.03. The van der Waals surface area contributed by atoms with Gasteiger partial charge in [-0.1, -0.05) is 0 Å². The molecule has 2 rings (SSSR count). The number of hydrogen-bond donors (Lipinski definition) is 1. The molecule has 0 fully saturated rings. The number of nitrogens with zero attached hydrogens (tertiary/aromatic N) is 1. The van der Waals surface area contributed by atoms with E-state index in [1.807, 2.05) is 5.32 Å². The molecular formula is C16H20N2O7S. The zero-order chi connectivity index (χ0) is 19.6. The molecule has 142 valence electrons. The summed E-state index contributed by atoms with van der Waals surface area (Å²) in [5, 5.41) is 1.91. The van der Waals surface area contributed by atoms with Gasteiger partial charge < -0.3 is 9.47 Å². The Morgan fingerprint density at radius 2 is 1.96 bits per heavy atom. The number of hydrogen-bond acceptors (Lipinski definition) is 7.